The van der Waals surface area contributed by atoms with E-state index in [4.69, 9.17) is 24.0 Å². The lowest BCUT2D eigenvalue weighted by atomic mass is 9.91. The SMILES string of the molecule is CCOCc1nn(C)c2c1-c1cccc3c(CCCOc4cccc5c4CCCC5)c(COCC)n(c13)CCCCOC2. The molecule has 0 bridgehead atoms. The third-order valence-corrected chi connectivity index (χ3v) is 9.04. The van der Waals surface area contributed by atoms with Gasteiger partial charge in [0.25, 0.3) is 0 Å². The summed E-state index contributed by atoms with van der Waals surface area (Å²) in [6, 6.07) is 13.3. The van der Waals surface area contributed by atoms with Crippen molar-refractivity contribution in [2.45, 2.75) is 91.6 Å². The Hall–Kier alpha value is -3.13. The summed E-state index contributed by atoms with van der Waals surface area (Å²) in [7, 11) is 2.02. The molecular formula is C36H47N3O4. The molecule has 0 radical (unpaired) electrons. The Bertz CT molecular complexity index is 1540. The monoisotopic (exact) mass is 585 g/mol. The molecule has 0 fully saturated rings. The van der Waals surface area contributed by atoms with Gasteiger partial charge in [-0.3, -0.25) is 4.68 Å². The van der Waals surface area contributed by atoms with Crippen LogP contribution in [0.5, 0.6) is 5.75 Å². The molecule has 6 rings (SSSR count). The lowest BCUT2D eigenvalue weighted by Crippen LogP contribution is -2.09. The van der Waals surface area contributed by atoms with Gasteiger partial charge in [0.05, 0.1) is 43.3 Å². The van der Waals surface area contributed by atoms with Crippen LogP contribution < -0.4 is 4.74 Å². The quantitative estimate of drug-likeness (QED) is 0.173. The molecule has 7 nitrogen and oxygen atoms in total. The highest BCUT2D eigenvalue weighted by atomic mass is 16.5. The van der Waals surface area contributed by atoms with Gasteiger partial charge >= 0.3 is 0 Å². The van der Waals surface area contributed by atoms with Crippen LogP contribution in [0.25, 0.3) is 22.0 Å². The second-order valence-corrected chi connectivity index (χ2v) is 11.8. The summed E-state index contributed by atoms with van der Waals surface area (Å²) in [4.78, 5) is 0. The van der Waals surface area contributed by atoms with E-state index in [9.17, 15) is 0 Å². The Balaban J connectivity index is 1.38. The summed E-state index contributed by atoms with van der Waals surface area (Å²) in [6.45, 7) is 9.46. The zero-order valence-corrected chi connectivity index (χ0v) is 26.3. The number of ether oxygens (including phenoxy) is 4. The van der Waals surface area contributed by atoms with E-state index in [1.165, 1.54) is 58.1 Å². The first kappa shape index (κ1) is 29.9. The van der Waals surface area contributed by atoms with E-state index in [-0.39, 0.29) is 0 Å². The van der Waals surface area contributed by atoms with Crippen LogP contribution in [-0.2, 0) is 66.9 Å². The fraction of sp³-hybridized carbons (Fsp3) is 0.528. The Morgan fingerprint density at radius 1 is 0.930 bits per heavy atom. The number of hydrogen-bond donors (Lipinski definition) is 0. The van der Waals surface area contributed by atoms with Crippen LogP contribution >= 0.6 is 0 Å². The van der Waals surface area contributed by atoms with E-state index in [0.29, 0.717) is 39.6 Å². The molecule has 230 valence electrons. The lowest BCUT2D eigenvalue weighted by Gasteiger charge is -2.19. The van der Waals surface area contributed by atoms with Gasteiger partial charge in [0.1, 0.15) is 5.75 Å². The molecule has 0 spiro atoms. The Kier molecular flexibility index (Phi) is 9.81. The number of benzene rings is 2. The van der Waals surface area contributed by atoms with Gasteiger partial charge in [-0.1, -0.05) is 30.3 Å². The van der Waals surface area contributed by atoms with Gasteiger partial charge in [-0.15, -0.1) is 0 Å². The number of hydrogen-bond acceptors (Lipinski definition) is 5. The summed E-state index contributed by atoms with van der Waals surface area (Å²) >= 11 is 0. The standard InChI is InChI=1S/C36H47N3O4/c1-4-40-23-31-35-30-17-11-16-29-28(18-12-22-43-34-19-10-14-26-13-6-7-15-27(26)34)32(24-41-5-2)39(36(29)30)20-8-9-21-42-25-33(35)38(3)37-31/h10-11,14,16-17,19H,4-9,12-13,15,18,20-25H2,1-3H3. The molecule has 0 unspecified atom stereocenters. The van der Waals surface area contributed by atoms with Gasteiger partial charge in [0.15, 0.2) is 0 Å². The topological polar surface area (TPSA) is 59.7 Å². The number of aryl methyl sites for hydroxylation is 4. The highest BCUT2D eigenvalue weighted by Crippen LogP contribution is 2.39. The fourth-order valence-corrected chi connectivity index (χ4v) is 6.97. The average Bonchev–Trinajstić information content (AvgIpc) is 3.50. The molecule has 0 amide bonds. The first-order chi connectivity index (χ1) is 21.2. The van der Waals surface area contributed by atoms with E-state index < -0.39 is 0 Å². The predicted molar refractivity (Wildman–Crippen MR) is 171 cm³/mol. The summed E-state index contributed by atoms with van der Waals surface area (Å²) in [5, 5.41) is 6.22. The van der Waals surface area contributed by atoms with E-state index in [1.54, 1.807) is 0 Å². The number of aromatic nitrogens is 3. The Labute approximate surface area is 256 Å². The number of nitrogens with zero attached hydrogens (tertiary/aromatic N) is 3. The first-order valence-corrected chi connectivity index (χ1v) is 16.4. The van der Waals surface area contributed by atoms with Crippen molar-refractivity contribution >= 4 is 10.9 Å². The maximum Gasteiger partial charge on any atom is 0.122 e. The van der Waals surface area contributed by atoms with Gasteiger partial charge in [-0.2, -0.15) is 5.10 Å². The summed E-state index contributed by atoms with van der Waals surface area (Å²) in [6.07, 6.45) is 8.81. The summed E-state index contributed by atoms with van der Waals surface area (Å²) in [5.74, 6) is 1.08. The van der Waals surface area contributed by atoms with Crippen molar-refractivity contribution in [1.29, 1.82) is 0 Å². The second kappa shape index (κ2) is 14.1. The molecule has 1 aliphatic heterocycles. The van der Waals surface area contributed by atoms with Crippen molar-refractivity contribution in [3.8, 4) is 16.9 Å². The Morgan fingerprint density at radius 2 is 1.77 bits per heavy atom. The van der Waals surface area contributed by atoms with Crippen LogP contribution in [0.15, 0.2) is 36.4 Å². The van der Waals surface area contributed by atoms with Crippen LogP contribution in [0.4, 0.5) is 0 Å². The normalized spacial score (nSPS) is 15.2. The molecule has 2 aromatic heterocycles. The van der Waals surface area contributed by atoms with Gasteiger partial charge in [0, 0.05) is 55.6 Å². The van der Waals surface area contributed by atoms with Crippen LogP contribution in [0.3, 0.4) is 0 Å². The zero-order chi connectivity index (χ0) is 29.6. The number of rotatable bonds is 11. The molecule has 43 heavy (non-hydrogen) atoms. The van der Waals surface area contributed by atoms with E-state index >= 15 is 0 Å². The maximum absolute atomic E-state index is 6.44. The molecule has 0 N–H and O–H groups in total. The average molecular weight is 586 g/mol. The fourth-order valence-electron chi connectivity index (χ4n) is 6.97. The first-order valence-electron chi connectivity index (χ1n) is 16.4. The number of para-hydroxylation sites is 1. The maximum atomic E-state index is 6.44. The molecule has 7 heteroatoms. The summed E-state index contributed by atoms with van der Waals surface area (Å²) < 4.78 is 29.1. The molecule has 0 atom stereocenters. The minimum absolute atomic E-state index is 0.482. The minimum atomic E-state index is 0.482. The lowest BCUT2D eigenvalue weighted by molar-refractivity contribution is 0.111. The van der Waals surface area contributed by atoms with Crippen molar-refractivity contribution in [2.24, 2.45) is 7.05 Å². The van der Waals surface area contributed by atoms with Crippen LogP contribution in [0.1, 0.15) is 79.7 Å². The molecule has 1 aliphatic carbocycles. The van der Waals surface area contributed by atoms with Gasteiger partial charge < -0.3 is 23.5 Å². The summed E-state index contributed by atoms with van der Waals surface area (Å²) in [5.41, 5.74) is 11.3. The van der Waals surface area contributed by atoms with E-state index in [1.807, 2.05) is 18.7 Å². The van der Waals surface area contributed by atoms with Crippen molar-refractivity contribution in [1.82, 2.24) is 14.3 Å². The van der Waals surface area contributed by atoms with Crippen LogP contribution in [0.2, 0.25) is 0 Å². The third kappa shape index (κ3) is 6.26. The molecular weight excluding hydrogens is 538 g/mol. The predicted octanol–water partition coefficient (Wildman–Crippen LogP) is 7.32. The van der Waals surface area contributed by atoms with E-state index in [0.717, 1.165) is 68.0 Å². The van der Waals surface area contributed by atoms with Crippen molar-refractivity contribution < 1.29 is 18.9 Å². The zero-order valence-electron chi connectivity index (χ0n) is 26.3. The largest absolute Gasteiger partial charge is 0.493 e. The van der Waals surface area contributed by atoms with Gasteiger partial charge in [0.2, 0.25) is 0 Å². The number of fused-ring (bicyclic) bond motifs is 3. The molecule has 4 aromatic rings. The van der Waals surface area contributed by atoms with Crippen LogP contribution in [-0.4, -0.2) is 40.8 Å². The highest BCUT2D eigenvalue weighted by Gasteiger charge is 2.26. The van der Waals surface area contributed by atoms with Gasteiger partial charge in [-0.25, -0.2) is 0 Å². The van der Waals surface area contributed by atoms with Crippen molar-refractivity contribution in [3.63, 3.8) is 0 Å². The third-order valence-electron chi connectivity index (χ3n) is 9.04. The molecule has 0 saturated heterocycles. The second-order valence-electron chi connectivity index (χ2n) is 11.8. The van der Waals surface area contributed by atoms with Crippen molar-refractivity contribution in [2.75, 3.05) is 26.4 Å². The van der Waals surface area contributed by atoms with E-state index in [2.05, 4.69) is 47.9 Å². The molecule has 3 heterocycles. The minimum Gasteiger partial charge on any atom is -0.493 e. The smallest absolute Gasteiger partial charge is 0.122 e. The molecule has 2 aromatic carbocycles. The van der Waals surface area contributed by atoms with Crippen molar-refractivity contribution in [3.05, 3.63) is 70.2 Å². The molecule has 2 aliphatic rings. The van der Waals surface area contributed by atoms with Crippen LogP contribution in [0, 0.1) is 0 Å². The highest BCUT2D eigenvalue weighted by molar-refractivity contribution is 5.98. The van der Waals surface area contributed by atoms with Gasteiger partial charge in [-0.05, 0) is 88.0 Å². The molecule has 0 saturated carbocycles. The Morgan fingerprint density at radius 3 is 2.65 bits per heavy atom.